The number of amides is 2. The van der Waals surface area contributed by atoms with Crippen LogP contribution >= 0.6 is 0 Å². The number of carbonyl (C=O) groups is 2. The first kappa shape index (κ1) is 38.0. The topological polar surface area (TPSA) is 90.9 Å². The number of hydrogen-bond donors (Lipinski definition) is 1. The molecule has 1 N–H and O–H groups in total. The molecule has 0 heterocycles. The van der Waals surface area contributed by atoms with Crippen molar-refractivity contribution in [3.05, 3.63) is 89.5 Å². The van der Waals surface area contributed by atoms with Gasteiger partial charge in [-0.2, -0.15) is 0 Å². The minimum absolute atomic E-state index is 0. The summed E-state index contributed by atoms with van der Waals surface area (Å²) >= 11 is 0. The van der Waals surface area contributed by atoms with E-state index in [1.807, 2.05) is 12.1 Å². The van der Waals surface area contributed by atoms with E-state index in [9.17, 15) is 23.5 Å². The predicted molar refractivity (Wildman–Crippen MR) is 166 cm³/mol. The first-order valence-electron chi connectivity index (χ1n) is 15.2. The minimum atomic E-state index is -1.62. The van der Waals surface area contributed by atoms with E-state index >= 15 is 0 Å². The Morgan fingerprint density at radius 1 is 0.933 bits per heavy atom. The number of nitrogens with zero attached hydrogens (tertiary/aromatic N) is 1. The van der Waals surface area contributed by atoms with E-state index in [1.54, 1.807) is 41.3 Å². The van der Waals surface area contributed by atoms with Crippen LogP contribution in [0.4, 0.5) is 19.3 Å². The van der Waals surface area contributed by atoms with Crippen LogP contribution in [0.1, 0.15) is 76.8 Å². The van der Waals surface area contributed by atoms with Gasteiger partial charge in [0.05, 0.1) is 18.2 Å². The second kappa shape index (κ2) is 18.7. The van der Waals surface area contributed by atoms with Crippen molar-refractivity contribution in [2.75, 3.05) is 25.0 Å². The van der Waals surface area contributed by atoms with Crippen LogP contribution in [0.15, 0.2) is 66.7 Å². The number of halogens is 2. The third-order valence-electron chi connectivity index (χ3n) is 7.38. The van der Waals surface area contributed by atoms with Crippen LogP contribution in [0.3, 0.4) is 0 Å². The van der Waals surface area contributed by atoms with Gasteiger partial charge in [-0.25, -0.2) is 13.6 Å². The second-order valence-corrected chi connectivity index (χ2v) is 11.5. The number of nitrogens with one attached hydrogen (secondary N) is 1. The van der Waals surface area contributed by atoms with Crippen molar-refractivity contribution in [3.8, 4) is 11.5 Å². The number of carboxylic acids is 1. The Morgan fingerprint density at radius 3 is 2.29 bits per heavy atom. The summed E-state index contributed by atoms with van der Waals surface area (Å²) in [7, 11) is 0. The van der Waals surface area contributed by atoms with E-state index in [0.29, 0.717) is 29.5 Å². The Balaban J connectivity index is 0.00000705. The Kier molecular flexibility index (Phi) is 15.8. The zero-order valence-corrected chi connectivity index (χ0v) is 29.0. The van der Waals surface area contributed by atoms with Gasteiger partial charge in [-0.3, -0.25) is 0 Å². The van der Waals surface area contributed by atoms with Gasteiger partial charge in [0.25, 0.3) is 0 Å². The fourth-order valence-electron chi connectivity index (χ4n) is 4.75. The standard InChI is InChI=1S/C35H44F2N2O5.Na/c1-5-6-7-8-9-19-39(34(42)38-32-18-15-28(36)23-31(32)37)20-21-43-30-12-10-11-26(22-30)24-35(4,33(40)41)44-29-16-13-27(14-17-29)25(2)3;/h10-18,22-23,25H,5-9,19-21,24H2,1-4H3,(H,38,42)(H,40,41);/q;+1/p-1. The van der Waals surface area contributed by atoms with Gasteiger partial charge in [-0.1, -0.05) is 70.7 Å². The van der Waals surface area contributed by atoms with E-state index in [0.717, 1.165) is 49.8 Å². The molecule has 238 valence electrons. The predicted octanol–water partition coefficient (Wildman–Crippen LogP) is 4.11. The van der Waals surface area contributed by atoms with Crippen LogP contribution in [0.5, 0.6) is 11.5 Å². The number of benzene rings is 3. The largest absolute Gasteiger partial charge is 1.00 e. The van der Waals surface area contributed by atoms with Crippen molar-refractivity contribution in [3.63, 3.8) is 0 Å². The Labute approximate surface area is 287 Å². The third kappa shape index (κ3) is 12.3. The Bertz CT molecular complexity index is 1370. The van der Waals surface area contributed by atoms with Crippen LogP contribution in [-0.2, 0) is 11.2 Å². The number of anilines is 1. The minimum Gasteiger partial charge on any atom is -0.546 e. The molecule has 1 atom stereocenters. The maximum atomic E-state index is 14.2. The molecular weight excluding hydrogens is 589 g/mol. The van der Waals surface area contributed by atoms with E-state index in [1.165, 1.54) is 13.0 Å². The van der Waals surface area contributed by atoms with Gasteiger partial charge < -0.3 is 29.6 Å². The zero-order valence-electron chi connectivity index (χ0n) is 27.0. The summed E-state index contributed by atoms with van der Waals surface area (Å²) in [6, 6.07) is 16.8. The maximum Gasteiger partial charge on any atom is 1.00 e. The number of carbonyl (C=O) groups excluding carboxylic acids is 2. The fourth-order valence-corrected chi connectivity index (χ4v) is 4.75. The summed E-state index contributed by atoms with van der Waals surface area (Å²) in [6.07, 6.45) is 5.02. The quantitative estimate of drug-likeness (QED) is 0.179. The molecular formula is C35H43F2N2NaO5. The molecule has 1 unspecified atom stereocenters. The number of rotatable bonds is 17. The molecule has 0 aliphatic carbocycles. The molecule has 0 spiro atoms. The van der Waals surface area contributed by atoms with Gasteiger partial charge in [0.15, 0.2) is 0 Å². The van der Waals surface area contributed by atoms with E-state index in [4.69, 9.17) is 9.47 Å². The molecule has 0 aromatic heterocycles. The summed E-state index contributed by atoms with van der Waals surface area (Å²) in [4.78, 5) is 26.7. The molecule has 3 aromatic rings. The molecule has 2 amide bonds. The van der Waals surface area contributed by atoms with Crippen LogP contribution in [0.25, 0.3) is 0 Å². The van der Waals surface area contributed by atoms with Crippen LogP contribution in [0, 0.1) is 11.6 Å². The van der Waals surface area contributed by atoms with Crippen molar-refractivity contribution < 1.29 is 62.5 Å². The zero-order chi connectivity index (χ0) is 32.1. The summed E-state index contributed by atoms with van der Waals surface area (Å²) in [5.74, 6) is -1.65. The van der Waals surface area contributed by atoms with Gasteiger partial charge in [0.2, 0.25) is 0 Å². The second-order valence-electron chi connectivity index (χ2n) is 11.5. The SMILES string of the molecule is CCCCCCCN(CCOc1cccc(CC(C)(Oc2ccc(C(C)C)cc2)C(=O)[O-])c1)C(=O)Nc1ccc(F)cc1F.[Na+]. The number of urea groups is 1. The molecule has 0 saturated carbocycles. The Morgan fingerprint density at radius 2 is 1.64 bits per heavy atom. The third-order valence-corrected chi connectivity index (χ3v) is 7.38. The van der Waals surface area contributed by atoms with Crippen molar-refractivity contribution in [1.29, 1.82) is 0 Å². The van der Waals surface area contributed by atoms with Crippen molar-refractivity contribution in [2.45, 2.75) is 77.7 Å². The fraction of sp³-hybridized carbons (Fsp3) is 0.429. The van der Waals surface area contributed by atoms with Gasteiger partial charge >= 0.3 is 35.6 Å². The molecule has 7 nitrogen and oxygen atoms in total. The first-order valence-corrected chi connectivity index (χ1v) is 15.2. The molecule has 3 aromatic carbocycles. The van der Waals surface area contributed by atoms with Crippen molar-refractivity contribution >= 4 is 17.7 Å². The van der Waals surface area contributed by atoms with Crippen LogP contribution in [0.2, 0.25) is 0 Å². The van der Waals surface area contributed by atoms with E-state index in [-0.39, 0.29) is 54.8 Å². The van der Waals surface area contributed by atoms with Crippen LogP contribution < -0.4 is 49.5 Å². The number of hydrogen-bond acceptors (Lipinski definition) is 5. The van der Waals surface area contributed by atoms with Gasteiger partial charge in [-0.05, 0) is 66.8 Å². The van der Waals surface area contributed by atoms with E-state index in [2.05, 4.69) is 26.1 Å². The van der Waals surface area contributed by atoms with Gasteiger partial charge in [0, 0.05) is 19.0 Å². The average Bonchev–Trinajstić information content (AvgIpc) is 2.98. The molecule has 0 fully saturated rings. The molecule has 0 saturated heterocycles. The van der Waals surface area contributed by atoms with Gasteiger partial charge in [-0.15, -0.1) is 0 Å². The smallest absolute Gasteiger partial charge is 0.546 e. The summed E-state index contributed by atoms with van der Waals surface area (Å²) in [5.41, 5.74) is 0.0631. The molecule has 3 rings (SSSR count). The maximum absolute atomic E-state index is 14.2. The monoisotopic (exact) mass is 632 g/mol. The number of ether oxygens (including phenoxy) is 2. The summed E-state index contributed by atoms with van der Waals surface area (Å²) in [6.45, 7) is 8.57. The number of aliphatic carboxylic acids is 1. The molecule has 0 aliphatic rings. The number of unbranched alkanes of at least 4 members (excludes halogenated alkanes) is 4. The Hall–Kier alpha value is -3.14. The summed E-state index contributed by atoms with van der Waals surface area (Å²) < 4.78 is 39.3. The van der Waals surface area contributed by atoms with Gasteiger partial charge in [0.1, 0.15) is 35.3 Å². The van der Waals surface area contributed by atoms with E-state index < -0.39 is 29.2 Å². The molecule has 0 radical (unpaired) electrons. The molecule has 0 bridgehead atoms. The molecule has 45 heavy (non-hydrogen) atoms. The van der Waals surface area contributed by atoms with Crippen molar-refractivity contribution in [2.24, 2.45) is 0 Å². The first-order chi connectivity index (χ1) is 21.0. The number of carboxylic acid groups (broad SMARTS) is 1. The molecule has 10 heteroatoms. The van der Waals surface area contributed by atoms with Crippen molar-refractivity contribution in [1.82, 2.24) is 4.90 Å². The average molecular weight is 633 g/mol. The van der Waals surface area contributed by atoms with Crippen LogP contribution in [-0.4, -0.2) is 42.2 Å². The summed E-state index contributed by atoms with van der Waals surface area (Å²) in [5, 5.41) is 14.7. The molecule has 0 aliphatic heterocycles. The normalized spacial score (nSPS) is 12.2.